The minimum absolute atomic E-state index is 0.120. The van der Waals surface area contributed by atoms with E-state index in [4.69, 9.17) is 11.6 Å². The lowest BCUT2D eigenvalue weighted by atomic mass is 9.95. The number of Topliss-reactive ketones (excluding diaryl/α,β-unsaturated/α-hetero) is 1. The van der Waals surface area contributed by atoms with Crippen molar-refractivity contribution in [1.29, 1.82) is 0 Å². The van der Waals surface area contributed by atoms with Crippen LogP contribution in [0.5, 0.6) is 0 Å². The van der Waals surface area contributed by atoms with E-state index in [9.17, 15) is 9.18 Å². The summed E-state index contributed by atoms with van der Waals surface area (Å²) in [7, 11) is 2.19. The number of aromatic nitrogens is 1. The summed E-state index contributed by atoms with van der Waals surface area (Å²) in [4.78, 5) is 25.5. The molecule has 1 aromatic heterocycles. The summed E-state index contributed by atoms with van der Waals surface area (Å²) in [5.41, 5.74) is 4.64. The van der Waals surface area contributed by atoms with Crippen molar-refractivity contribution in [2.24, 2.45) is 5.92 Å². The van der Waals surface area contributed by atoms with Gasteiger partial charge in [-0.05, 0) is 75.0 Å². The van der Waals surface area contributed by atoms with Crippen LogP contribution in [0.2, 0.25) is 5.02 Å². The highest BCUT2D eigenvalue weighted by molar-refractivity contribution is 6.31. The normalized spacial score (nSPS) is 20.1. The highest BCUT2D eigenvalue weighted by Crippen LogP contribution is 2.40. The van der Waals surface area contributed by atoms with Crippen molar-refractivity contribution in [3.8, 4) is 11.1 Å². The average molecular weight is 521 g/mol. The van der Waals surface area contributed by atoms with Gasteiger partial charge in [0.15, 0.2) is 5.78 Å². The van der Waals surface area contributed by atoms with Gasteiger partial charge in [0.1, 0.15) is 5.82 Å². The van der Waals surface area contributed by atoms with Crippen molar-refractivity contribution in [2.45, 2.75) is 38.6 Å². The Morgan fingerprint density at radius 3 is 2.38 bits per heavy atom. The number of anilines is 1. The number of rotatable bonds is 5. The zero-order valence-corrected chi connectivity index (χ0v) is 22.4. The van der Waals surface area contributed by atoms with Gasteiger partial charge < -0.3 is 9.80 Å². The van der Waals surface area contributed by atoms with Crippen LogP contribution in [0.3, 0.4) is 0 Å². The lowest BCUT2D eigenvalue weighted by Crippen LogP contribution is -2.52. The Balaban J connectivity index is 1.37. The molecule has 0 atom stereocenters. The Morgan fingerprint density at radius 2 is 1.70 bits per heavy atom. The van der Waals surface area contributed by atoms with E-state index in [-0.39, 0.29) is 17.5 Å². The number of carbonyl (C=O) groups is 1. The number of likely N-dealkylation sites (N-methyl/N-ethyl adjacent to an activating group) is 1. The summed E-state index contributed by atoms with van der Waals surface area (Å²) in [6.07, 6.45) is 5.88. The summed E-state index contributed by atoms with van der Waals surface area (Å²) < 4.78 is 14.5. The molecule has 2 saturated heterocycles. The molecule has 3 aromatic rings. The largest absolute Gasteiger partial charge is 0.370 e. The molecule has 0 radical (unpaired) electrons. The molecule has 0 amide bonds. The van der Waals surface area contributed by atoms with E-state index in [1.807, 2.05) is 18.2 Å². The van der Waals surface area contributed by atoms with Crippen LogP contribution in [-0.4, -0.2) is 72.9 Å². The first-order chi connectivity index (χ1) is 17.9. The van der Waals surface area contributed by atoms with Crippen molar-refractivity contribution < 1.29 is 9.18 Å². The number of piperidine rings is 1. The van der Waals surface area contributed by atoms with E-state index in [0.717, 1.165) is 98.2 Å². The van der Waals surface area contributed by atoms with Crippen LogP contribution in [0.4, 0.5) is 10.1 Å². The highest BCUT2D eigenvalue weighted by Gasteiger charge is 2.35. The lowest BCUT2D eigenvalue weighted by Gasteiger charge is -2.43. The zero-order valence-electron chi connectivity index (χ0n) is 21.6. The summed E-state index contributed by atoms with van der Waals surface area (Å²) in [6, 6.07) is 9.94. The van der Waals surface area contributed by atoms with E-state index in [0.29, 0.717) is 16.6 Å². The molecule has 2 aliphatic heterocycles. The second-order valence-electron chi connectivity index (χ2n) is 11.0. The van der Waals surface area contributed by atoms with Crippen molar-refractivity contribution in [3.05, 3.63) is 58.5 Å². The Bertz CT molecular complexity index is 1320. The molecular weight excluding hydrogens is 487 g/mol. The molecule has 5 nitrogen and oxygen atoms in total. The number of piperazine rings is 1. The summed E-state index contributed by atoms with van der Waals surface area (Å²) in [6.45, 7) is 8.02. The molecule has 0 N–H and O–H groups in total. The molecule has 2 aromatic carbocycles. The van der Waals surface area contributed by atoms with Gasteiger partial charge in [0.25, 0.3) is 0 Å². The molecule has 0 unspecified atom stereocenters. The molecule has 3 aliphatic rings. The third-order valence-electron chi connectivity index (χ3n) is 8.50. The molecule has 6 rings (SSSR count). The number of hydrogen-bond acceptors (Lipinski definition) is 5. The van der Waals surface area contributed by atoms with Crippen LogP contribution in [-0.2, 0) is 0 Å². The number of ketones is 1. The molecule has 7 heteroatoms. The number of hydrogen-bond donors (Lipinski definition) is 0. The fourth-order valence-corrected chi connectivity index (χ4v) is 6.11. The topological polar surface area (TPSA) is 39.7 Å². The number of fused-ring (bicyclic) bond motifs is 1. The zero-order chi connectivity index (χ0) is 25.7. The number of halogens is 2. The SMILES string of the molecule is Cc1c(F)cc(-c2ccc3ncc(C(=O)C4CC4)c(N4CCC(N5CCN(C)CC5)CC4)c3c2)cc1Cl. The maximum atomic E-state index is 14.5. The minimum Gasteiger partial charge on any atom is -0.370 e. The fraction of sp³-hybridized carbons (Fsp3) is 0.467. The Labute approximate surface area is 223 Å². The predicted octanol–water partition coefficient (Wildman–Crippen LogP) is 5.81. The molecule has 3 fully saturated rings. The molecular formula is C30H34ClFN4O. The number of carbonyl (C=O) groups excluding carboxylic acids is 1. The van der Waals surface area contributed by atoms with Crippen LogP contribution in [0.15, 0.2) is 36.5 Å². The molecule has 0 bridgehead atoms. The molecule has 3 heterocycles. The predicted molar refractivity (Wildman–Crippen MR) is 148 cm³/mol. The van der Waals surface area contributed by atoms with Crippen molar-refractivity contribution in [1.82, 2.24) is 14.8 Å². The van der Waals surface area contributed by atoms with Crippen LogP contribution in [0.25, 0.3) is 22.0 Å². The maximum Gasteiger partial charge on any atom is 0.169 e. The molecule has 0 spiro atoms. The average Bonchev–Trinajstić information content (AvgIpc) is 3.76. The van der Waals surface area contributed by atoms with E-state index >= 15 is 0 Å². The smallest absolute Gasteiger partial charge is 0.169 e. The Kier molecular flexibility index (Phi) is 6.68. The third kappa shape index (κ3) is 4.87. The number of benzene rings is 2. The van der Waals surface area contributed by atoms with Crippen LogP contribution >= 0.6 is 11.6 Å². The fourth-order valence-electron chi connectivity index (χ4n) is 5.90. The van der Waals surface area contributed by atoms with Crippen LogP contribution < -0.4 is 4.90 Å². The summed E-state index contributed by atoms with van der Waals surface area (Å²) in [5, 5.41) is 1.37. The van der Waals surface area contributed by atoms with Gasteiger partial charge in [-0.2, -0.15) is 0 Å². The van der Waals surface area contributed by atoms with Gasteiger partial charge in [-0.3, -0.25) is 14.7 Å². The van der Waals surface area contributed by atoms with Crippen LogP contribution in [0.1, 0.15) is 41.6 Å². The van der Waals surface area contributed by atoms with Gasteiger partial charge >= 0.3 is 0 Å². The van der Waals surface area contributed by atoms with Crippen molar-refractivity contribution >= 4 is 34.0 Å². The standard InChI is InChI=1S/C30H34ClFN4O/c1-19-26(31)16-22(17-27(19)32)21-5-6-28-24(15-21)29(25(18-33-28)30(37)20-3-4-20)36-9-7-23(8-10-36)35-13-11-34(2)12-14-35/h5-6,15-18,20,23H,3-4,7-14H2,1-2H3. The van der Waals surface area contributed by atoms with E-state index in [2.05, 4.69) is 32.8 Å². The van der Waals surface area contributed by atoms with Gasteiger partial charge in [-0.1, -0.05) is 17.7 Å². The Hall–Kier alpha value is -2.54. The monoisotopic (exact) mass is 520 g/mol. The minimum atomic E-state index is -0.315. The highest BCUT2D eigenvalue weighted by atomic mass is 35.5. The van der Waals surface area contributed by atoms with E-state index in [1.165, 1.54) is 6.07 Å². The van der Waals surface area contributed by atoms with E-state index < -0.39 is 0 Å². The number of nitrogens with zero attached hydrogens (tertiary/aromatic N) is 4. The maximum absolute atomic E-state index is 14.5. The Morgan fingerprint density at radius 1 is 0.973 bits per heavy atom. The van der Waals surface area contributed by atoms with Gasteiger partial charge in [-0.15, -0.1) is 0 Å². The van der Waals surface area contributed by atoms with Gasteiger partial charge in [0.05, 0.1) is 16.8 Å². The molecule has 1 saturated carbocycles. The summed E-state index contributed by atoms with van der Waals surface area (Å²) in [5.74, 6) is 0.0130. The third-order valence-corrected chi connectivity index (χ3v) is 8.89. The molecule has 194 valence electrons. The second kappa shape index (κ2) is 9.97. The van der Waals surface area contributed by atoms with Gasteiger partial charge in [-0.25, -0.2) is 4.39 Å². The van der Waals surface area contributed by atoms with Gasteiger partial charge in [0, 0.05) is 73.4 Å². The lowest BCUT2D eigenvalue weighted by molar-refractivity contribution is 0.0963. The van der Waals surface area contributed by atoms with Crippen LogP contribution in [0, 0.1) is 18.7 Å². The number of pyridine rings is 1. The van der Waals surface area contributed by atoms with Gasteiger partial charge in [0.2, 0.25) is 0 Å². The first-order valence-corrected chi connectivity index (χ1v) is 13.9. The summed E-state index contributed by atoms with van der Waals surface area (Å²) >= 11 is 6.32. The second-order valence-corrected chi connectivity index (χ2v) is 11.4. The first kappa shape index (κ1) is 24.8. The van der Waals surface area contributed by atoms with Crippen molar-refractivity contribution in [3.63, 3.8) is 0 Å². The van der Waals surface area contributed by atoms with E-state index in [1.54, 1.807) is 13.1 Å². The van der Waals surface area contributed by atoms with Crippen molar-refractivity contribution in [2.75, 3.05) is 51.2 Å². The molecule has 37 heavy (non-hydrogen) atoms. The molecule has 1 aliphatic carbocycles. The quantitative estimate of drug-likeness (QED) is 0.397. The first-order valence-electron chi connectivity index (χ1n) is 13.5.